The zero-order valence-corrected chi connectivity index (χ0v) is 11.5. The summed E-state index contributed by atoms with van der Waals surface area (Å²) in [6.07, 6.45) is 3.99. The SMILES string of the molecule is CCOC(=O)Cc1c2c(c3ccccn13)CC(=O)CC2. The Morgan fingerprint density at radius 2 is 2.15 bits per heavy atom. The molecule has 3 rings (SSSR count). The third kappa shape index (κ3) is 2.11. The summed E-state index contributed by atoms with van der Waals surface area (Å²) in [4.78, 5) is 23.5. The Morgan fingerprint density at radius 1 is 1.30 bits per heavy atom. The normalized spacial score (nSPS) is 14.3. The molecule has 0 saturated heterocycles. The van der Waals surface area contributed by atoms with Gasteiger partial charge in [-0.15, -0.1) is 0 Å². The average Bonchev–Trinajstić information content (AvgIpc) is 2.74. The number of aromatic nitrogens is 1. The summed E-state index contributed by atoms with van der Waals surface area (Å²) in [6, 6.07) is 5.91. The zero-order valence-electron chi connectivity index (χ0n) is 11.5. The molecule has 0 N–H and O–H groups in total. The van der Waals surface area contributed by atoms with Gasteiger partial charge in [-0.25, -0.2) is 0 Å². The van der Waals surface area contributed by atoms with Crippen molar-refractivity contribution in [1.29, 1.82) is 0 Å². The van der Waals surface area contributed by atoms with Crippen LogP contribution in [0.25, 0.3) is 5.52 Å². The van der Waals surface area contributed by atoms with Gasteiger partial charge >= 0.3 is 5.97 Å². The Balaban J connectivity index is 2.11. The minimum Gasteiger partial charge on any atom is -0.466 e. The van der Waals surface area contributed by atoms with Gasteiger partial charge in [-0.05, 0) is 36.6 Å². The van der Waals surface area contributed by atoms with Crippen LogP contribution in [0.4, 0.5) is 0 Å². The van der Waals surface area contributed by atoms with Crippen molar-refractivity contribution in [2.45, 2.75) is 32.6 Å². The molecule has 0 unspecified atom stereocenters. The van der Waals surface area contributed by atoms with Crippen LogP contribution in [0.1, 0.15) is 30.2 Å². The minimum atomic E-state index is -0.213. The molecule has 0 bridgehead atoms. The van der Waals surface area contributed by atoms with Crippen LogP contribution in [0.3, 0.4) is 0 Å². The van der Waals surface area contributed by atoms with Gasteiger partial charge < -0.3 is 9.14 Å². The van der Waals surface area contributed by atoms with E-state index in [1.54, 1.807) is 0 Å². The number of nitrogens with zero attached hydrogens (tertiary/aromatic N) is 1. The summed E-state index contributed by atoms with van der Waals surface area (Å²) in [6.45, 7) is 2.20. The molecule has 0 saturated carbocycles. The van der Waals surface area contributed by atoms with Crippen molar-refractivity contribution in [1.82, 2.24) is 4.40 Å². The second-order valence-corrected chi connectivity index (χ2v) is 5.06. The molecule has 4 nitrogen and oxygen atoms in total. The smallest absolute Gasteiger partial charge is 0.311 e. The molecule has 2 aromatic heterocycles. The number of Topliss-reactive ketones (excluding diaryl/α,β-unsaturated/α-hetero) is 1. The van der Waals surface area contributed by atoms with Crippen LogP contribution in [-0.2, 0) is 33.6 Å². The summed E-state index contributed by atoms with van der Waals surface area (Å²) in [5.41, 5.74) is 4.25. The second-order valence-electron chi connectivity index (χ2n) is 5.06. The van der Waals surface area contributed by atoms with Gasteiger partial charge in [-0.1, -0.05) is 6.07 Å². The van der Waals surface area contributed by atoms with Gasteiger partial charge in [0.2, 0.25) is 0 Å². The number of carbonyl (C=O) groups is 2. The van der Waals surface area contributed by atoms with Crippen LogP contribution in [0.2, 0.25) is 0 Å². The second kappa shape index (κ2) is 5.12. The van der Waals surface area contributed by atoms with Gasteiger partial charge in [0.15, 0.2) is 0 Å². The van der Waals surface area contributed by atoms with Crippen molar-refractivity contribution in [2.24, 2.45) is 0 Å². The van der Waals surface area contributed by atoms with E-state index in [4.69, 9.17) is 4.74 Å². The topological polar surface area (TPSA) is 47.8 Å². The highest BCUT2D eigenvalue weighted by Crippen LogP contribution is 2.30. The predicted octanol–water partition coefficient (Wildman–Crippen LogP) is 2.10. The molecule has 0 atom stereocenters. The summed E-state index contributed by atoms with van der Waals surface area (Å²) >= 11 is 0. The maximum atomic E-state index is 11.8. The molecule has 1 aliphatic carbocycles. The van der Waals surface area contributed by atoms with Crippen LogP contribution in [0, 0.1) is 0 Å². The van der Waals surface area contributed by atoms with E-state index in [0.717, 1.165) is 28.8 Å². The van der Waals surface area contributed by atoms with Gasteiger partial charge in [-0.2, -0.15) is 0 Å². The molecular formula is C16H17NO3. The van der Waals surface area contributed by atoms with E-state index < -0.39 is 0 Å². The Morgan fingerprint density at radius 3 is 2.95 bits per heavy atom. The first kappa shape index (κ1) is 12.9. The van der Waals surface area contributed by atoms with E-state index in [9.17, 15) is 9.59 Å². The van der Waals surface area contributed by atoms with Crippen LogP contribution < -0.4 is 0 Å². The van der Waals surface area contributed by atoms with Crippen LogP contribution in [0.15, 0.2) is 24.4 Å². The van der Waals surface area contributed by atoms with E-state index in [-0.39, 0.29) is 18.2 Å². The number of ketones is 1. The fraction of sp³-hybridized carbons (Fsp3) is 0.375. The van der Waals surface area contributed by atoms with Gasteiger partial charge in [0, 0.05) is 30.2 Å². The first-order valence-corrected chi connectivity index (χ1v) is 6.97. The van der Waals surface area contributed by atoms with Crippen molar-refractivity contribution in [2.75, 3.05) is 6.61 Å². The number of fused-ring (bicyclic) bond motifs is 3. The standard InChI is InChI=1S/C16H17NO3/c1-2-20-16(19)10-15-12-7-6-11(18)9-13(12)14-5-3-4-8-17(14)15/h3-5,8H,2,6-7,9-10H2,1H3. The Labute approximate surface area is 117 Å². The number of hydrogen-bond donors (Lipinski definition) is 0. The highest BCUT2D eigenvalue weighted by Gasteiger charge is 2.25. The molecule has 0 fully saturated rings. The monoisotopic (exact) mass is 271 g/mol. The molecule has 0 spiro atoms. The molecular weight excluding hydrogens is 254 g/mol. The number of hydrogen-bond acceptors (Lipinski definition) is 3. The predicted molar refractivity (Wildman–Crippen MR) is 74.8 cm³/mol. The average molecular weight is 271 g/mol. The van der Waals surface area contributed by atoms with Crippen molar-refractivity contribution >= 4 is 17.3 Å². The van der Waals surface area contributed by atoms with Gasteiger partial charge in [-0.3, -0.25) is 9.59 Å². The third-order valence-electron chi connectivity index (χ3n) is 3.82. The summed E-state index contributed by atoms with van der Waals surface area (Å²) in [7, 11) is 0. The molecule has 1 aliphatic rings. The molecule has 2 aromatic rings. The highest BCUT2D eigenvalue weighted by atomic mass is 16.5. The lowest BCUT2D eigenvalue weighted by atomic mass is 9.91. The minimum absolute atomic E-state index is 0.213. The largest absolute Gasteiger partial charge is 0.466 e. The Hall–Kier alpha value is -2.10. The van der Waals surface area contributed by atoms with E-state index in [1.807, 2.05) is 35.7 Å². The van der Waals surface area contributed by atoms with E-state index in [1.165, 1.54) is 0 Å². The molecule has 0 amide bonds. The zero-order chi connectivity index (χ0) is 14.1. The third-order valence-corrected chi connectivity index (χ3v) is 3.82. The van der Waals surface area contributed by atoms with E-state index in [0.29, 0.717) is 19.4 Å². The fourth-order valence-electron chi connectivity index (χ4n) is 2.98. The maximum Gasteiger partial charge on any atom is 0.311 e. The first-order chi connectivity index (χ1) is 9.70. The van der Waals surface area contributed by atoms with Crippen LogP contribution >= 0.6 is 0 Å². The van der Waals surface area contributed by atoms with Crippen molar-refractivity contribution < 1.29 is 14.3 Å². The molecule has 104 valence electrons. The number of esters is 1. The number of ether oxygens (including phenoxy) is 1. The lowest BCUT2D eigenvalue weighted by Gasteiger charge is -2.12. The highest BCUT2D eigenvalue weighted by molar-refractivity contribution is 5.87. The molecule has 0 aliphatic heterocycles. The van der Waals surface area contributed by atoms with E-state index >= 15 is 0 Å². The Bertz CT molecular complexity index is 684. The maximum absolute atomic E-state index is 11.8. The van der Waals surface area contributed by atoms with Gasteiger partial charge in [0.25, 0.3) is 0 Å². The van der Waals surface area contributed by atoms with Gasteiger partial charge in [0.1, 0.15) is 5.78 Å². The molecule has 4 heteroatoms. The molecule has 0 aromatic carbocycles. The fourth-order valence-corrected chi connectivity index (χ4v) is 2.98. The summed E-state index contributed by atoms with van der Waals surface area (Å²) in [5, 5.41) is 0. The van der Waals surface area contributed by atoms with Crippen molar-refractivity contribution in [3.05, 3.63) is 41.2 Å². The summed E-state index contributed by atoms with van der Waals surface area (Å²) in [5.74, 6) is 0.0620. The number of rotatable bonds is 3. The Kier molecular flexibility index (Phi) is 3.30. The van der Waals surface area contributed by atoms with Crippen LogP contribution in [0.5, 0.6) is 0 Å². The van der Waals surface area contributed by atoms with Crippen molar-refractivity contribution in [3.8, 4) is 0 Å². The lowest BCUT2D eigenvalue weighted by Crippen LogP contribution is -2.15. The van der Waals surface area contributed by atoms with Crippen molar-refractivity contribution in [3.63, 3.8) is 0 Å². The summed E-state index contributed by atoms with van der Waals surface area (Å²) < 4.78 is 7.09. The lowest BCUT2D eigenvalue weighted by molar-refractivity contribution is -0.142. The molecule has 20 heavy (non-hydrogen) atoms. The molecule has 2 heterocycles. The van der Waals surface area contributed by atoms with E-state index in [2.05, 4.69) is 0 Å². The first-order valence-electron chi connectivity index (χ1n) is 6.97. The van der Waals surface area contributed by atoms with Gasteiger partial charge in [0.05, 0.1) is 13.0 Å². The van der Waals surface area contributed by atoms with Crippen LogP contribution in [-0.4, -0.2) is 22.8 Å². The molecule has 0 radical (unpaired) electrons. The quantitative estimate of drug-likeness (QED) is 0.803. The number of carbonyl (C=O) groups excluding carboxylic acids is 2. The number of pyridine rings is 1.